The minimum atomic E-state index is -0.792. The highest BCUT2D eigenvalue weighted by molar-refractivity contribution is 7.12. The van der Waals surface area contributed by atoms with Gasteiger partial charge in [-0.15, -0.1) is 11.3 Å². The number of hydrogen-bond acceptors (Lipinski definition) is 4. The molecule has 4 rings (SSSR count). The smallest absolute Gasteiger partial charge is 0.313 e. The van der Waals surface area contributed by atoms with E-state index in [1.54, 1.807) is 11.3 Å². The Bertz CT molecular complexity index is 686. The first-order valence-electron chi connectivity index (χ1n) is 8.82. The number of carboxylic acid groups (broad SMARTS) is 1. The minimum absolute atomic E-state index is 0.0563. The zero-order chi connectivity index (χ0) is 16.9. The molecule has 130 valence electrons. The Balaban J connectivity index is 1.61. The van der Waals surface area contributed by atoms with Gasteiger partial charge in [-0.3, -0.25) is 9.59 Å². The van der Waals surface area contributed by atoms with Crippen LogP contribution >= 0.6 is 11.3 Å². The molecule has 1 aromatic rings. The number of carboxylic acids is 1. The molecular weight excluding hydrogens is 324 g/mol. The van der Waals surface area contributed by atoms with Gasteiger partial charge in [0.05, 0.1) is 4.88 Å². The number of carbonyl (C=O) groups is 2. The molecule has 1 N–H and O–H groups in total. The summed E-state index contributed by atoms with van der Waals surface area (Å²) in [5.41, 5.74) is 1.77. The lowest BCUT2D eigenvalue weighted by molar-refractivity contribution is -0.153. The summed E-state index contributed by atoms with van der Waals surface area (Å²) < 4.78 is 0. The molecule has 2 atom stereocenters. The Hall–Kier alpha value is -1.40. The van der Waals surface area contributed by atoms with Gasteiger partial charge < -0.3 is 14.9 Å². The summed E-state index contributed by atoms with van der Waals surface area (Å²) in [6.07, 6.45) is 5.28. The molecule has 6 heteroatoms. The summed E-state index contributed by atoms with van der Waals surface area (Å²) in [6, 6.07) is 0. The van der Waals surface area contributed by atoms with Gasteiger partial charge >= 0.3 is 5.97 Å². The van der Waals surface area contributed by atoms with E-state index in [4.69, 9.17) is 0 Å². The van der Waals surface area contributed by atoms with E-state index in [2.05, 4.69) is 10.3 Å². The van der Waals surface area contributed by atoms with Gasteiger partial charge in [0, 0.05) is 19.6 Å². The van der Waals surface area contributed by atoms with Crippen molar-refractivity contribution in [2.45, 2.75) is 32.1 Å². The van der Waals surface area contributed by atoms with Crippen molar-refractivity contribution in [2.75, 3.05) is 33.2 Å². The molecule has 5 nitrogen and oxygen atoms in total. The summed E-state index contributed by atoms with van der Waals surface area (Å²) >= 11 is 1.55. The van der Waals surface area contributed by atoms with Crippen molar-refractivity contribution in [1.29, 1.82) is 0 Å². The average Bonchev–Trinajstić information content (AvgIpc) is 3.16. The van der Waals surface area contributed by atoms with Crippen LogP contribution in [0.1, 0.15) is 40.1 Å². The van der Waals surface area contributed by atoms with Gasteiger partial charge in [0.1, 0.15) is 5.41 Å². The maximum absolute atomic E-state index is 13.1. The summed E-state index contributed by atoms with van der Waals surface area (Å²) in [5.74, 6) is -0.616. The predicted molar refractivity (Wildman–Crippen MR) is 92.5 cm³/mol. The van der Waals surface area contributed by atoms with Crippen LogP contribution in [-0.4, -0.2) is 60.0 Å². The molecule has 1 aliphatic carbocycles. The van der Waals surface area contributed by atoms with Gasteiger partial charge in [0.2, 0.25) is 0 Å². The molecule has 0 bridgehead atoms. The van der Waals surface area contributed by atoms with Crippen LogP contribution in [0.5, 0.6) is 0 Å². The van der Waals surface area contributed by atoms with E-state index in [0.29, 0.717) is 19.6 Å². The van der Waals surface area contributed by atoms with Crippen molar-refractivity contribution in [2.24, 2.45) is 11.3 Å². The number of thiophene rings is 1. The molecule has 0 saturated carbocycles. The van der Waals surface area contributed by atoms with E-state index >= 15 is 0 Å². The number of aliphatic carboxylic acids is 1. The van der Waals surface area contributed by atoms with E-state index in [-0.39, 0.29) is 11.8 Å². The fourth-order valence-electron chi connectivity index (χ4n) is 4.77. The monoisotopic (exact) mass is 348 g/mol. The number of fused-ring (bicyclic) bond motifs is 2. The third-order valence-electron chi connectivity index (χ3n) is 6.12. The van der Waals surface area contributed by atoms with Crippen LogP contribution in [0.3, 0.4) is 0 Å². The van der Waals surface area contributed by atoms with Crippen molar-refractivity contribution in [1.82, 2.24) is 9.80 Å². The summed E-state index contributed by atoms with van der Waals surface area (Å²) in [4.78, 5) is 29.9. The molecule has 1 aromatic heterocycles. The summed E-state index contributed by atoms with van der Waals surface area (Å²) in [5, 5.41) is 12.0. The van der Waals surface area contributed by atoms with Gasteiger partial charge in [-0.1, -0.05) is 0 Å². The number of likely N-dealkylation sites (tertiary alicyclic amines) is 2. The van der Waals surface area contributed by atoms with Crippen LogP contribution in [0.4, 0.5) is 0 Å². The zero-order valence-corrected chi connectivity index (χ0v) is 14.9. The molecule has 2 saturated heterocycles. The first-order chi connectivity index (χ1) is 11.5. The lowest BCUT2D eigenvalue weighted by Gasteiger charge is -2.39. The van der Waals surface area contributed by atoms with Gasteiger partial charge in [-0.05, 0) is 68.1 Å². The number of hydrogen-bond donors (Lipinski definition) is 1. The SMILES string of the molecule is CN1CC[C@H]2CN(C(=O)c3scc4c3CCCC4)C[C@@]2(C(=O)O)C1. The topological polar surface area (TPSA) is 60.9 Å². The fraction of sp³-hybridized carbons (Fsp3) is 0.667. The Kier molecular flexibility index (Phi) is 3.92. The van der Waals surface area contributed by atoms with Gasteiger partial charge in [0.25, 0.3) is 5.91 Å². The maximum atomic E-state index is 13.1. The fourth-order valence-corrected chi connectivity index (χ4v) is 5.89. The van der Waals surface area contributed by atoms with Crippen LogP contribution < -0.4 is 0 Å². The third-order valence-corrected chi connectivity index (χ3v) is 7.18. The Morgan fingerprint density at radius 2 is 2.08 bits per heavy atom. The van der Waals surface area contributed by atoms with Crippen LogP contribution in [0.25, 0.3) is 0 Å². The second-order valence-corrected chi connectivity index (χ2v) is 8.53. The van der Waals surface area contributed by atoms with Crippen molar-refractivity contribution in [3.8, 4) is 0 Å². The second-order valence-electron chi connectivity index (χ2n) is 7.65. The maximum Gasteiger partial charge on any atom is 0.313 e. The van der Waals surface area contributed by atoms with E-state index in [1.807, 2.05) is 11.9 Å². The Morgan fingerprint density at radius 1 is 1.29 bits per heavy atom. The van der Waals surface area contributed by atoms with Crippen molar-refractivity contribution in [3.63, 3.8) is 0 Å². The van der Waals surface area contributed by atoms with Gasteiger partial charge in [-0.2, -0.15) is 0 Å². The van der Waals surface area contributed by atoms with E-state index in [9.17, 15) is 14.7 Å². The first-order valence-corrected chi connectivity index (χ1v) is 9.70. The van der Waals surface area contributed by atoms with Gasteiger partial charge in [0.15, 0.2) is 0 Å². The Labute approximate surface area is 146 Å². The second kappa shape index (κ2) is 5.85. The van der Waals surface area contributed by atoms with E-state index < -0.39 is 11.4 Å². The van der Waals surface area contributed by atoms with Crippen LogP contribution in [0.15, 0.2) is 5.38 Å². The van der Waals surface area contributed by atoms with Crippen molar-refractivity contribution >= 4 is 23.2 Å². The molecule has 1 amide bonds. The minimum Gasteiger partial charge on any atom is -0.481 e. The molecule has 0 radical (unpaired) electrons. The summed E-state index contributed by atoms with van der Waals surface area (Å²) in [7, 11) is 1.97. The number of nitrogens with zero attached hydrogens (tertiary/aromatic N) is 2. The molecule has 3 heterocycles. The highest BCUT2D eigenvalue weighted by Gasteiger charge is 2.55. The molecule has 0 spiro atoms. The van der Waals surface area contributed by atoms with Crippen LogP contribution in [0, 0.1) is 11.3 Å². The number of aryl methyl sites for hydroxylation is 1. The highest BCUT2D eigenvalue weighted by atomic mass is 32.1. The Morgan fingerprint density at radius 3 is 2.88 bits per heavy atom. The zero-order valence-electron chi connectivity index (χ0n) is 14.1. The molecule has 2 aliphatic heterocycles. The van der Waals surface area contributed by atoms with Gasteiger partial charge in [-0.25, -0.2) is 0 Å². The van der Waals surface area contributed by atoms with Crippen molar-refractivity contribution < 1.29 is 14.7 Å². The lowest BCUT2D eigenvalue weighted by Crippen LogP contribution is -2.52. The number of amides is 1. The van der Waals surface area contributed by atoms with E-state index in [1.165, 1.54) is 17.5 Å². The van der Waals surface area contributed by atoms with Crippen LogP contribution in [0.2, 0.25) is 0 Å². The highest BCUT2D eigenvalue weighted by Crippen LogP contribution is 2.43. The molecular formula is C18H24N2O3S. The van der Waals surface area contributed by atoms with Crippen molar-refractivity contribution in [3.05, 3.63) is 21.4 Å². The largest absolute Gasteiger partial charge is 0.481 e. The quantitative estimate of drug-likeness (QED) is 0.889. The molecule has 0 unspecified atom stereocenters. The molecule has 2 fully saturated rings. The molecule has 0 aromatic carbocycles. The number of rotatable bonds is 2. The standard InChI is InChI=1S/C18H24N2O3S/c1-19-7-6-13-8-20(11-18(13,10-19)17(22)23)16(21)15-14-5-3-2-4-12(14)9-24-15/h9,13H,2-8,10-11H2,1H3,(H,22,23)/t13-,18-/m0/s1. The summed E-state index contributed by atoms with van der Waals surface area (Å²) in [6.45, 7) is 2.39. The van der Waals surface area contributed by atoms with Crippen LogP contribution in [-0.2, 0) is 17.6 Å². The molecule has 3 aliphatic rings. The third kappa shape index (κ3) is 2.39. The normalized spacial score (nSPS) is 30.0. The predicted octanol–water partition coefficient (Wildman–Crippen LogP) is 2.11. The average molecular weight is 348 g/mol. The molecule has 24 heavy (non-hydrogen) atoms. The van der Waals surface area contributed by atoms with E-state index in [0.717, 1.165) is 37.1 Å². The number of piperidine rings is 1. The lowest BCUT2D eigenvalue weighted by atomic mass is 9.73. The number of carbonyl (C=O) groups excluding carboxylic acids is 1. The first kappa shape index (κ1) is 16.1.